The van der Waals surface area contributed by atoms with Gasteiger partial charge in [0.25, 0.3) is 0 Å². The zero-order valence-electron chi connectivity index (χ0n) is 35.7. The first-order valence-electron chi connectivity index (χ1n) is 18.8. The Labute approximate surface area is 419 Å². The van der Waals surface area contributed by atoms with Gasteiger partial charge in [0.15, 0.2) is 40.1 Å². The largest absolute Gasteiger partial charge is 2.00 e. The maximum atomic E-state index is 11.4. The van der Waals surface area contributed by atoms with E-state index < -0.39 is 62.1 Å². The van der Waals surface area contributed by atoms with Gasteiger partial charge in [-0.1, -0.05) is 72.8 Å². The minimum absolute atomic E-state index is 0. The molecule has 0 saturated heterocycles. The molecule has 3 aromatic carbocycles. The summed E-state index contributed by atoms with van der Waals surface area (Å²) >= 11 is 0. The predicted octanol–water partition coefficient (Wildman–Crippen LogP) is 9.64. The minimum atomic E-state index is -6.72. The van der Waals surface area contributed by atoms with Crippen LogP contribution < -0.4 is 0 Å². The Balaban J connectivity index is 0.000000242. The third kappa shape index (κ3) is 15.1. The van der Waals surface area contributed by atoms with Crippen LogP contribution in [-0.4, -0.2) is 91.1 Å². The Bertz CT molecular complexity index is 3280. The molecule has 0 amide bonds. The summed E-state index contributed by atoms with van der Waals surface area (Å²) in [7, 11) is -26.9. The molecule has 0 radical (unpaired) electrons. The van der Waals surface area contributed by atoms with Crippen LogP contribution in [0.4, 0.5) is 52.7 Å². The van der Waals surface area contributed by atoms with Crippen molar-refractivity contribution in [3.05, 3.63) is 155 Å². The zero-order valence-corrected chi connectivity index (χ0v) is 40.1. The Morgan fingerprint density at radius 2 is 0.419 bits per heavy atom. The van der Waals surface area contributed by atoms with E-state index in [9.17, 15) is 86.4 Å². The Morgan fingerprint density at radius 1 is 0.284 bits per heavy atom. The van der Waals surface area contributed by atoms with E-state index in [1.165, 1.54) is 0 Å². The molecule has 0 fully saturated rings. The van der Waals surface area contributed by atoms with Crippen LogP contribution in [0.2, 0.25) is 0 Å². The molecule has 0 saturated carbocycles. The number of sulfonamides is 4. The van der Waals surface area contributed by atoms with Gasteiger partial charge in [-0.05, 0) is 36.4 Å². The van der Waals surface area contributed by atoms with E-state index in [-0.39, 0.29) is 22.5 Å². The van der Waals surface area contributed by atoms with Gasteiger partial charge in [-0.3, -0.25) is 29.9 Å². The molecule has 17 nitrogen and oxygen atoms in total. The topological polar surface area (TPSA) is 274 Å². The normalized spacial score (nSPS) is 12.4. The third-order valence-corrected chi connectivity index (χ3v) is 14.1. The molecular formula is C40H26F12FeN8O9S4. The standard InChI is InChI=1S/3C12H8N2.2C2F6NO4S2.Fe.H2O/c3*1-3-9-5-6-10-4-2-8-14-12(10)11(9)13-7-1;2*3-1(4,5)14(10,11)9-15(12,13)2(6,7)8;;/h3*1-8H;;;;1H2/q;;;2*-1;+2;. The van der Waals surface area contributed by atoms with Crippen molar-refractivity contribution in [2.24, 2.45) is 0 Å². The van der Waals surface area contributed by atoms with Gasteiger partial charge in [0.2, 0.25) is 0 Å². The molecule has 74 heavy (non-hydrogen) atoms. The number of benzene rings is 3. The van der Waals surface area contributed by atoms with Crippen molar-refractivity contribution >= 4 is 106 Å². The van der Waals surface area contributed by atoms with Crippen molar-refractivity contribution in [2.75, 3.05) is 0 Å². The van der Waals surface area contributed by atoms with Crippen LogP contribution in [0.5, 0.6) is 0 Å². The van der Waals surface area contributed by atoms with Gasteiger partial charge in [-0.15, -0.1) is 0 Å². The summed E-state index contributed by atoms with van der Waals surface area (Å²) in [5.74, 6) is 0. The van der Waals surface area contributed by atoms with Crippen LogP contribution in [0.1, 0.15) is 0 Å². The minimum Gasteiger partial charge on any atom is -0.421 e. The predicted molar refractivity (Wildman–Crippen MR) is 241 cm³/mol. The number of pyridine rings is 6. The fourth-order valence-corrected chi connectivity index (χ4v) is 8.89. The Kier molecular flexibility index (Phi) is 19.9. The summed E-state index contributed by atoms with van der Waals surface area (Å²) in [6, 6.07) is 36.4. The fraction of sp³-hybridized carbons (Fsp3) is 0.100. The van der Waals surface area contributed by atoms with Crippen molar-refractivity contribution in [1.82, 2.24) is 29.9 Å². The van der Waals surface area contributed by atoms with Gasteiger partial charge in [0.05, 0.1) is 33.1 Å². The van der Waals surface area contributed by atoms with Gasteiger partial charge in [-0.2, -0.15) is 52.7 Å². The van der Waals surface area contributed by atoms with Crippen molar-refractivity contribution < 1.29 is 109 Å². The first-order valence-corrected chi connectivity index (χ1v) is 24.5. The van der Waals surface area contributed by atoms with Gasteiger partial charge < -0.3 is 13.7 Å². The number of halogens is 12. The van der Waals surface area contributed by atoms with E-state index in [1.54, 1.807) is 37.2 Å². The summed E-state index contributed by atoms with van der Waals surface area (Å²) < 4.78 is 218. The van der Waals surface area contributed by atoms with Gasteiger partial charge in [0.1, 0.15) is 0 Å². The maximum Gasteiger partial charge on any atom is 2.00 e. The van der Waals surface area contributed by atoms with E-state index in [1.807, 2.05) is 36.4 Å². The Hall–Kier alpha value is -6.52. The molecule has 6 heterocycles. The molecule has 9 rings (SSSR count). The second kappa shape index (κ2) is 23.8. The van der Waals surface area contributed by atoms with Crippen molar-refractivity contribution in [1.29, 1.82) is 0 Å². The number of aromatic nitrogens is 6. The molecule has 9 aromatic rings. The quantitative estimate of drug-likeness (QED) is 0.0901. The molecule has 2 N–H and O–H groups in total. The van der Waals surface area contributed by atoms with E-state index in [0.29, 0.717) is 0 Å². The molecule has 0 spiro atoms. The monoisotopic (exact) mass is 1170 g/mol. The average molecular weight is 1170 g/mol. The summed E-state index contributed by atoms with van der Waals surface area (Å²) in [6.07, 6.45) is 10.8. The molecule has 6 aromatic heterocycles. The number of hydrogen-bond acceptors (Lipinski definition) is 14. The number of rotatable bonds is 4. The number of nitrogens with zero attached hydrogens (tertiary/aromatic N) is 8. The number of hydrogen-bond donors (Lipinski definition) is 0. The molecule has 396 valence electrons. The van der Waals surface area contributed by atoms with Crippen LogP contribution in [0.25, 0.3) is 73.7 Å². The molecule has 34 heteroatoms. The third-order valence-electron chi connectivity index (χ3n) is 8.60. The Morgan fingerprint density at radius 3 is 0.541 bits per heavy atom. The van der Waals surface area contributed by atoms with E-state index >= 15 is 0 Å². The summed E-state index contributed by atoms with van der Waals surface area (Å²) in [5.41, 5.74) is -18.9. The molecule has 0 aliphatic rings. The maximum absolute atomic E-state index is 11.4. The molecule has 0 atom stereocenters. The molecule has 0 bridgehead atoms. The number of fused-ring (bicyclic) bond motifs is 9. The van der Waals surface area contributed by atoms with Crippen molar-refractivity contribution in [2.45, 2.75) is 22.0 Å². The average Bonchev–Trinajstić information content (AvgIpc) is 3.30. The fourth-order valence-electron chi connectivity index (χ4n) is 5.47. The summed E-state index contributed by atoms with van der Waals surface area (Å²) in [4.78, 5) is 26.1. The SMILES string of the molecule is O.O=S(=O)([N-]S(=O)(=O)C(F)(F)F)C(F)(F)F.O=S(=O)([N-]S(=O)(=O)C(F)(F)F)C(F)(F)F.[Fe+2].c1cnc2c(c1)ccc1cccnc12.c1cnc2c(c1)ccc1cccnc12.c1cnc2c(c1)ccc1cccnc12. The van der Waals surface area contributed by atoms with Gasteiger partial charge in [0, 0.05) is 69.5 Å². The van der Waals surface area contributed by atoms with Crippen LogP contribution in [0.15, 0.2) is 146 Å². The zero-order chi connectivity index (χ0) is 53.6. The van der Waals surface area contributed by atoms with E-state index in [0.717, 1.165) is 73.7 Å². The van der Waals surface area contributed by atoms with Crippen molar-refractivity contribution in [3.63, 3.8) is 0 Å². The first-order chi connectivity index (χ1) is 33.3. The van der Waals surface area contributed by atoms with Gasteiger partial charge in [-0.25, -0.2) is 33.7 Å². The van der Waals surface area contributed by atoms with Crippen LogP contribution in [0, 0.1) is 0 Å². The van der Waals surface area contributed by atoms with E-state index in [2.05, 4.69) is 103 Å². The summed E-state index contributed by atoms with van der Waals surface area (Å²) in [5, 5.41) is 6.83. The first kappa shape index (κ1) is 61.8. The van der Waals surface area contributed by atoms with Crippen LogP contribution in [0.3, 0.4) is 0 Å². The second-order valence-corrected chi connectivity index (χ2v) is 20.3. The van der Waals surface area contributed by atoms with Crippen LogP contribution in [-0.2, 0) is 57.2 Å². The molecular weight excluding hydrogens is 1150 g/mol. The molecule has 0 unspecified atom stereocenters. The van der Waals surface area contributed by atoms with E-state index in [4.69, 9.17) is 0 Å². The number of alkyl halides is 12. The van der Waals surface area contributed by atoms with Crippen LogP contribution >= 0.6 is 0 Å². The smallest absolute Gasteiger partial charge is 0.421 e. The molecule has 0 aliphatic heterocycles. The summed E-state index contributed by atoms with van der Waals surface area (Å²) in [6.45, 7) is 0. The van der Waals surface area contributed by atoms with Gasteiger partial charge >= 0.3 is 39.1 Å². The van der Waals surface area contributed by atoms with Crippen molar-refractivity contribution in [3.8, 4) is 0 Å². The second-order valence-electron chi connectivity index (χ2n) is 13.5. The molecule has 0 aliphatic carbocycles.